The van der Waals surface area contributed by atoms with Gasteiger partial charge in [-0.15, -0.1) is 12.3 Å². The molecule has 1 N–H and O–H groups in total. The van der Waals surface area contributed by atoms with Crippen LogP contribution in [-0.4, -0.2) is 13.0 Å². The molecule has 9 heavy (non-hydrogen) atoms. The molecule has 0 aliphatic rings. The Hall–Kier alpha value is -0.790. The summed E-state index contributed by atoms with van der Waals surface area (Å²) in [5.41, 5.74) is 0. The van der Waals surface area contributed by atoms with Gasteiger partial charge in [-0.3, -0.25) is 4.55 Å². The Bertz CT molecular complexity index is 229. The zero-order valence-corrected chi connectivity index (χ0v) is 5.43. The summed E-state index contributed by atoms with van der Waals surface area (Å²) in [5.74, 6) is 2.18. The van der Waals surface area contributed by atoms with E-state index in [9.17, 15) is 8.42 Å². The van der Waals surface area contributed by atoms with Crippen molar-refractivity contribution in [1.29, 1.82) is 0 Å². The number of hydrogen-bond acceptors (Lipinski definition) is 2. The first-order valence-electron chi connectivity index (χ1n) is 2.14. The van der Waals surface area contributed by atoms with E-state index in [2.05, 4.69) is 5.92 Å². The van der Waals surface area contributed by atoms with Crippen LogP contribution in [0.15, 0.2) is 11.5 Å². The highest BCUT2D eigenvalue weighted by Gasteiger charge is 1.91. The van der Waals surface area contributed by atoms with Crippen molar-refractivity contribution in [3.8, 4) is 12.3 Å². The van der Waals surface area contributed by atoms with Crippen molar-refractivity contribution >= 4 is 10.1 Å². The zero-order chi connectivity index (χ0) is 7.33. The summed E-state index contributed by atoms with van der Waals surface area (Å²) in [4.78, 5) is 0. The molecule has 50 valence electrons. The van der Waals surface area contributed by atoms with Gasteiger partial charge < -0.3 is 0 Å². The summed E-state index contributed by atoms with van der Waals surface area (Å²) in [7, 11) is -3.97. The van der Waals surface area contributed by atoms with E-state index in [0.29, 0.717) is 5.41 Å². The third kappa shape index (κ3) is 7.21. The second-order valence-electron chi connectivity index (χ2n) is 1.30. The molecule has 0 aromatic heterocycles. The lowest BCUT2D eigenvalue weighted by Crippen LogP contribution is -1.88. The molecule has 0 heterocycles. The van der Waals surface area contributed by atoms with Gasteiger partial charge in [0.1, 0.15) is 0 Å². The summed E-state index contributed by atoms with van der Waals surface area (Å²) in [6.07, 6.45) is 6.18. The fraction of sp³-hybridized carbons (Fsp3) is 0.200. The predicted molar refractivity (Wildman–Crippen MR) is 34.1 cm³/mol. The van der Waals surface area contributed by atoms with Crippen molar-refractivity contribution in [3.05, 3.63) is 11.5 Å². The monoisotopic (exact) mass is 146 g/mol. The molecule has 0 aliphatic heterocycles. The lowest BCUT2D eigenvalue weighted by molar-refractivity contribution is 0.494. The van der Waals surface area contributed by atoms with Gasteiger partial charge in [0.05, 0.1) is 5.41 Å². The molecule has 0 aromatic rings. The Morgan fingerprint density at radius 3 is 2.56 bits per heavy atom. The lowest BCUT2D eigenvalue weighted by atomic mass is 10.5. The van der Waals surface area contributed by atoms with Crippen molar-refractivity contribution in [2.45, 2.75) is 6.42 Å². The van der Waals surface area contributed by atoms with Crippen molar-refractivity contribution in [2.75, 3.05) is 0 Å². The van der Waals surface area contributed by atoms with Gasteiger partial charge in [0.25, 0.3) is 10.1 Å². The summed E-state index contributed by atoms with van der Waals surface area (Å²) >= 11 is 0. The largest absolute Gasteiger partial charge is 0.287 e. The third-order valence-corrected chi connectivity index (χ3v) is 1.04. The topological polar surface area (TPSA) is 54.4 Å². The maximum Gasteiger partial charge on any atom is 0.287 e. The van der Waals surface area contributed by atoms with Gasteiger partial charge >= 0.3 is 0 Å². The maximum atomic E-state index is 9.91. The van der Waals surface area contributed by atoms with Crippen LogP contribution in [0.4, 0.5) is 0 Å². The van der Waals surface area contributed by atoms with Gasteiger partial charge in [-0.05, 0) is 0 Å². The van der Waals surface area contributed by atoms with E-state index in [1.807, 2.05) is 0 Å². The SMILES string of the molecule is C#CCC=CS(=O)(=O)O. The Kier molecular flexibility index (Phi) is 2.99. The van der Waals surface area contributed by atoms with Crippen molar-refractivity contribution in [2.24, 2.45) is 0 Å². The molecule has 0 fully saturated rings. The summed E-state index contributed by atoms with van der Waals surface area (Å²) in [5, 5.41) is 0.660. The highest BCUT2D eigenvalue weighted by molar-refractivity contribution is 7.88. The number of rotatable bonds is 2. The van der Waals surface area contributed by atoms with Crippen LogP contribution in [0, 0.1) is 12.3 Å². The summed E-state index contributed by atoms with van der Waals surface area (Å²) < 4.78 is 27.9. The summed E-state index contributed by atoms with van der Waals surface area (Å²) in [6.45, 7) is 0. The lowest BCUT2D eigenvalue weighted by Gasteiger charge is -1.79. The van der Waals surface area contributed by atoms with Crippen LogP contribution < -0.4 is 0 Å². The molecular formula is C5H6O3S. The standard InChI is InChI=1S/C5H6O3S/c1-2-3-4-5-9(6,7)8/h1,4-5H,3H2,(H,6,7,8). The van der Waals surface area contributed by atoms with Crippen LogP contribution in [0.3, 0.4) is 0 Å². The first-order valence-corrected chi connectivity index (χ1v) is 3.64. The molecule has 3 nitrogen and oxygen atoms in total. The quantitative estimate of drug-likeness (QED) is 0.453. The highest BCUT2D eigenvalue weighted by atomic mass is 32.2. The predicted octanol–water partition coefficient (Wildman–Crippen LogP) is 0.411. The molecule has 0 bridgehead atoms. The first-order chi connectivity index (χ1) is 4.06. The number of hydrogen-bond donors (Lipinski definition) is 1. The molecule has 0 aromatic carbocycles. The molecular weight excluding hydrogens is 140 g/mol. The van der Waals surface area contributed by atoms with E-state index < -0.39 is 10.1 Å². The van der Waals surface area contributed by atoms with Crippen LogP contribution in [0.1, 0.15) is 6.42 Å². The number of terminal acetylenes is 1. The molecule has 0 spiro atoms. The fourth-order valence-electron chi connectivity index (χ4n) is 0.238. The van der Waals surface area contributed by atoms with Gasteiger partial charge in [-0.1, -0.05) is 6.08 Å². The minimum atomic E-state index is -3.97. The van der Waals surface area contributed by atoms with Crippen LogP contribution in [0.2, 0.25) is 0 Å². The van der Waals surface area contributed by atoms with E-state index in [0.717, 1.165) is 0 Å². The fourth-order valence-corrected chi connectivity index (χ4v) is 0.577. The van der Waals surface area contributed by atoms with E-state index >= 15 is 0 Å². The molecule has 0 rings (SSSR count). The Balaban J connectivity index is 3.92. The molecule has 0 saturated heterocycles. The Morgan fingerprint density at radius 2 is 2.22 bits per heavy atom. The highest BCUT2D eigenvalue weighted by Crippen LogP contribution is 1.86. The molecule has 0 radical (unpaired) electrons. The Labute approximate surface area is 54.1 Å². The minimum Gasteiger partial charge on any atom is -0.282 e. The van der Waals surface area contributed by atoms with Crippen LogP contribution in [-0.2, 0) is 10.1 Å². The van der Waals surface area contributed by atoms with Crippen molar-refractivity contribution in [1.82, 2.24) is 0 Å². The third-order valence-electron chi connectivity index (χ3n) is 0.504. The van der Waals surface area contributed by atoms with Gasteiger partial charge in [0.2, 0.25) is 0 Å². The van der Waals surface area contributed by atoms with E-state index in [4.69, 9.17) is 11.0 Å². The van der Waals surface area contributed by atoms with Crippen LogP contribution in [0.5, 0.6) is 0 Å². The smallest absolute Gasteiger partial charge is 0.282 e. The molecule has 0 unspecified atom stereocenters. The van der Waals surface area contributed by atoms with Gasteiger partial charge in [0, 0.05) is 6.42 Å². The Morgan fingerprint density at radius 1 is 1.67 bits per heavy atom. The molecule has 0 saturated carbocycles. The van der Waals surface area contributed by atoms with Crippen molar-refractivity contribution in [3.63, 3.8) is 0 Å². The van der Waals surface area contributed by atoms with Gasteiger partial charge in [-0.25, -0.2) is 0 Å². The normalized spacial score (nSPS) is 11.6. The first kappa shape index (κ1) is 8.21. The van der Waals surface area contributed by atoms with E-state index in [1.54, 1.807) is 0 Å². The van der Waals surface area contributed by atoms with Gasteiger partial charge in [0.15, 0.2) is 0 Å². The average molecular weight is 146 g/mol. The average Bonchev–Trinajstić information content (AvgIpc) is 1.63. The van der Waals surface area contributed by atoms with Crippen LogP contribution >= 0.6 is 0 Å². The summed E-state index contributed by atoms with van der Waals surface area (Å²) in [6, 6.07) is 0. The molecule has 0 atom stereocenters. The molecule has 4 heteroatoms. The zero-order valence-electron chi connectivity index (χ0n) is 4.61. The number of allylic oxidation sites excluding steroid dienone is 1. The van der Waals surface area contributed by atoms with Gasteiger partial charge in [-0.2, -0.15) is 8.42 Å². The molecule has 0 amide bonds. The molecule has 0 aliphatic carbocycles. The van der Waals surface area contributed by atoms with Crippen LogP contribution in [0.25, 0.3) is 0 Å². The second kappa shape index (κ2) is 3.28. The van der Waals surface area contributed by atoms with E-state index in [1.165, 1.54) is 6.08 Å². The second-order valence-corrected chi connectivity index (χ2v) is 2.60. The van der Waals surface area contributed by atoms with Crippen molar-refractivity contribution < 1.29 is 13.0 Å². The van der Waals surface area contributed by atoms with E-state index in [-0.39, 0.29) is 6.42 Å². The maximum absolute atomic E-state index is 9.91. The minimum absolute atomic E-state index is 0.208.